The quantitative estimate of drug-likeness (QED) is 0.921. The van der Waals surface area contributed by atoms with Gasteiger partial charge in [0.05, 0.1) is 12.8 Å². The highest BCUT2D eigenvalue weighted by atomic mass is 16.3. The van der Waals surface area contributed by atoms with E-state index in [1.165, 1.54) is 12.8 Å². The Balaban J connectivity index is 1.53. The van der Waals surface area contributed by atoms with E-state index in [2.05, 4.69) is 21.3 Å². The second-order valence-electron chi connectivity index (χ2n) is 5.81. The van der Waals surface area contributed by atoms with Crippen molar-refractivity contribution in [3.63, 3.8) is 0 Å². The molecule has 0 bridgehead atoms. The minimum absolute atomic E-state index is 0.124. The van der Waals surface area contributed by atoms with Crippen LogP contribution in [0.1, 0.15) is 24.2 Å². The number of nitrogens with one attached hydrogen (secondary N) is 1. The molecule has 1 aliphatic heterocycles. The molecule has 1 N–H and O–H groups in total. The fourth-order valence-electron chi connectivity index (χ4n) is 2.71. The van der Waals surface area contributed by atoms with Gasteiger partial charge in [0.1, 0.15) is 11.6 Å². The van der Waals surface area contributed by atoms with Crippen molar-refractivity contribution in [1.29, 1.82) is 0 Å². The van der Waals surface area contributed by atoms with Crippen molar-refractivity contribution >= 4 is 11.8 Å². The molecule has 122 valence electrons. The van der Waals surface area contributed by atoms with E-state index in [9.17, 15) is 4.79 Å². The summed E-state index contributed by atoms with van der Waals surface area (Å²) in [6.07, 6.45) is 5.86. The predicted molar refractivity (Wildman–Crippen MR) is 88.1 cm³/mol. The van der Waals surface area contributed by atoms with E-state index >= 15 is 0 Å². The second-order valence-corrected chi connectivity index (χ2v) is 5.81. The fourth-order valence-corrected chi connectivity index (χ4v) is 2.71. The van der Waals surface area contributed by atoms with Crippen molar-refractivity contribution in [2.45, 2.75) is 25.9 Å². The van der Waals surface area contributed by atoms with E-state index in [0.717, 1.165) is 30.2 Å². The predicted octanol–water partition coefficient (Wildman–Crippen LogP) is 2.62. The molecule has 0 spiro atoms. The maximum atomic E-state index is 12.1. The molecule has 1 aliphatic rings. The first kappa shape index (κ1) is 15.4. The lowest BCUT2D eigenvalue weighted by Gasteiger charge is -2.18. The Morgan fingerprint density at radius 2 is 2.22 bits per heavy atom. The molecular formula is C17H22N4O2. The summed E-state index contributed by atoms with van der Waals surface area (Å²) in [6.45, 7) is 3.07. The summed E-state index contributed by atoms with van der Waals surface area (Å²) in [5.41, 5.74) is 1.06. The van der Waals surface area contributed by atoms with Crippen LogP contribution >= 0.6 is 0 Å². The van der Waals surface area contributed by atoms with Gasteiger partial charge in [-0.1, -0.05) is 0 Å². The topological polar surface area (TPSA) is 61.6 Å². The Morgan fingerprint density at radius 1 is 1.39 bits per heavy atom. The maximum absolute atomic E-state index is 12.1. The third-order valence-corrected chi connectivity index (χ3v) is 4.00. The van der Waals surface area contributed by atoms with Crippen LogP contribution in [-0.4, -0.2) is 36.1 Å². The first-order valence-electron chi connectivity index (χ1n) is 7.93. The fraction of sp³-hybridized carbons (Fsp3) is 0.412. The number of carbonyl (C=O) groups excluding carboxylic acids is 1. The van der Waals surface area contributed by atoms with Crippen molar-refractivity contribution in [2.24, 2.45) is 0 Å². The van der Waals surface area contributed by atoms with Gasteiger partial charge in [-0.3, -0.25) is 0 Å². The third-order valence-electron chi connectivity index (χ3n) is 4.00. The lowest BCUT2D eigenvalue weighted by molar-refractivity contribution is 0.202. The van der Waals surface area contributed by atoms with Gasteiger partial charge in [-0.2, -0.15) is 0 Å². The van der Waals surface area contributed by atoms with Gasteiger partial charge in [0.15, 0.2) is 0 Å². The molecule has 0 atom stereocenters. The van der Waals surface area contributed by atoms with Crippen LogP contribution in [0.4, 0.5) is 10.6 Å². The van der Waals surface area contributed by atoms with Crippen molar-refractivity contribution in [3.8, 4) is 0 Å². The molecule has 6 nitrogen and oxygen atoms in total. The number of carbonyl (C=O) groups is 1. The first-order valence-corrected chi connectivity index (χ1v) is 7.93. The van der Waals surface area contributed by atoms with Crippen molar-refractivity contribution < 1.29 is 9.21 Å². The van der Waals surface area contributed by atoms with Crippen LogP contribution in [0, 0.1) is 0 Å². The molecule has 0 saturated carbocycles. The van der Waals surface area contributed by atoms with Crippen molar-refractivity contribution in [1.82, 2.24) is 15.2 Å². The normalized spacial score (nSPS) is 14.0. The molecule has 2 aromatic rings. The highest BCUT2D eigenvalue weighted by Crippen LogP contribution is 2.18. The molecule has 3 rings (SSSR count). The zero-order valence-corrected chi connectivity index (χ0v) is 13.4. The van der Waals surface area contributed by atoms with Crippen LogP contribution in [-0.2, 0) is 13.1 Å². The van der Waals surface area contributed by atoms with Crippen LogP contribution in [0.5, 0.6) is 0 Å². The van der Waals surface area contributed by atoms with Gasteiger partial charge < -0.3 is 19.5 Å². The summed E-state index contributed by atoms with van der Waals surface area (Å²) in [6, 6.07) is 7.54. The average Bonchev–Trinajstić information content (AvgIpc) is 3.26. The minimum Gasteiger partial charge on any atom is -0.467 e. The Morgan fingerprint density at radius 3 is 2.96 bits per heavy atom. The highest BCUT2D eigenvalue weighted by Gasteiger charge is 2.14. The summed E-state index contributed by atoms with van der Waals surface area (Å²) >= 11 is 0. The van der Waals surface area contributed by atoms with E-state index in [4.69, 9.17) is 4.42 Å². The molecular weight excluding hydrogens is 292 g/mol. The van der Waals surface area contributed by atoms with Gasteiger partial charge in [-0.05, 0) is 42.7 Å². The SMILES string of the molecule is CN(Cc1ccco1)C(=O)NCc1ccnc(N2CCCC2)c1. The lowest BCUT2D eigenvalue weighted by atomic mass is 10.2. The van der Waals surface area contributed by atoms with E-state index < -0.39 is 0 Å². The number of anilines is 1. The van der Waals surface area contributed by atoms with Gasteiger partial charge >= 0.3 is 6.03 Å². The number of pyridine rings is 1. The van der Waals surface area contributed by atoms with Crippen LogP contribution in [0.3, 0.4) is 0 Å². The maximum Gasteiger partial charge on any atom is 0.317 e. The van der Waals surface area contributed by atoms with Crippen molar-refractivity contribution in [2.75, 3.05) is 25.0 Å². The summed E-state index contributed by atoms with van der Waals surface area (Å²) < 4.78 is 5.25. The highest BCUT2D eigenvalue weighted by molar-refractivity contribution is 5.73. The number of hydrogen-bond acceptors (Lipinski definition) is 4. The summed E-state index contributed by atoms with van der Waals surface area (Å²) in [5.74, 6) is 1.76. The van der Waals surface area contributed by atoms with E-state index in [-0.39, 0.29) is 6.03 Å². The van der Waals surface area contributed by atoms with Gasteiger partial charge in [0.25, 0.3) is 0 Å². The van der Waals surface area contributed by atoms with E-state index in [1.54, 1.807) is 18.2 Å². The van der Waals surface area contributed by atoms with Gasteiger partial charge in [-0.25, -0.2) is 9.78 Å². The molecule has 0 aliphatic carbocycles. The zero-order chi connectivity index (χ0) is 16.1. The zero-order valence-electron chi connectivity index (χ0n) is 13.4. The van der Waals surface area contributed by atoms with Crippen LogP contribution in [0.2, 0.25) is 0 Å². The Hall–Kier alpha value is -2.50. The number of hydrogen-bond donors (Lipinski definition) is 1. The monoisotopic (exact) mass is 314 g/mol. The molecule has 0 aromatic carbocycles. The number of aromatic nitrogens is 1. The molecule has 2 aromatic heterocycles. The van der Waals surface area contributed by atoms with E-state index in [1.807, 2.05) is 24.4 Å². The Kier molecular flexibility index (Phi) is 4.80. The molecule has 1 fully saturated rings. The lowest BCUT2D eigenvalue weighted by Crippen LogP contribution is -2.36. The second kappa shape index (κ2) is 7.17. The Labute approximate surface area is 136 Å². The van der Waals surface area contributed by atoms with Crippen LogP contribution in [0.15, 0.2) is 41.1 Å². The largest absolute Gasteiger partial charge is 0.467 e. The van der Waals surface area contributed by atoms with Crippen LogP contribution < -0.4 is 10.2 Å². The smallest absolute Gasteiger partial charge is 0.317 e. The standard InChI is InChI=1S/C17H22N4O2/c1-20(13-15-5-4-10-23-15)17(22)19-12-14-6-7-18-16(11-14)21-8-2-3-9-21/h4-7,10-11H,2-3,8-9,12-13H2,1H3,(H,19,22). The molecule has 3 heterocycles. The summed E-state index contributed by atoms with van der Waals surface area (Å²) in [5, 5.41) is 2.93. The number of nitrogens with zero attached hydrogens (tertiary/aromatic N) is 3. The molecule has 2 amide bonds. The average molecular weight is 314 g/mol. The molecule has 1 saturated heterocycles. The van der Waals surface area contributed by atoms with Gasteiger partial charge in [0, 0.05) is 32.9 Å². The third kappa shape index (κ3) is 4.03. The first-order chi connectivity index (χ1) is 11.2. The molecule has 0 radical (unpaired) electrons. The number of urea groups is 1. The van der Waals surface area contributed by atoms with Crippen LogP contribution in [0.25, 0.3) is 0 Å². The van der Waals surface area contributed by atoms with Crippen molar-refractivity contribution in [3.05, 3.63) is 48.0 Å². The minimum atomic E-state index is -0.124. The Bertz CT molecular complexity index is 636. The molecule has 23 heavy (non-hydrogen) atoms. The number of furan rings is 1. The molecule has 0 unspecified atom stereocenters. The number of rotatable bonds is 5. The number of amides is 2. The van der Waals surface area contributed by atoms with Gasteiger partial charge in [-0.15, -0.1) is 0 Å². The molecule has 6 heteroatoms. The summed E-state index contributed by atoms with van der Waals surface area (Å²) in [4.78, 5) is 20.4. The van der Waals surface area contributed by atoms with Gasteiger partial charge in [0.2, 0.25) is 0 Å². The van der Waals surface area contributed by atoms with E-state index in [0.29, 0.717) is 13.1 Å². The summed E-state index contributed by atoms with van der Waals surface area (Å²) in [7, 11) is 1.75.